The molecule has 0 radical (unpaired) electrons. The molecule has 0 aliphatic heterocycles. The van der Waals surface area contributed by atoms with E-state index in [1.165, 1.54) is 6.08 Å². The molecule has 0 heterocycles. The van der Waals surface area contributed by atoms with Gasteiger partial charge in [0.05, 0.1) is 10.9 Å². The minimum atomic E-state index is -1.21. The minimum absolute atomic E-state index is 0.103. The second-order valence-corrected chi connectivity index (χ2v) is 8.04. The number of hydrogen-bond acceptors (Lipinski definition) is 3. The van der Waals surface area contributed by atoms with Crippen LogP contribution in [0, 0.1) is 13.8 Å². The molecule has 0 saturated heterocycles. The van der Waals surface area contributed by atoms with E-state index in [1.54, 1.807) is 24.3 Å². The van der Waals surface area contributed by atoms with Gasteiger partial charge in [-0.3, -0.25) is 4.79 Å². The summed E-state index contributed by atoms with van der Waals surface area (Å²) in [4.78, 5) is 24.0. The summed E-state index contributed by atoms with van der Waals surface area (Å²) in [5.41, 5.74) is 3.40. The Morgan fingerprint density at radius 2 is 1.65 bits per heavy atom. The monoisotopic (exact) mass is 479 g/mol. The van der Waals surface area contributed by atoms with Crippen LogP contribution in [0.2, 0.25) is 0 Å². The quantitative estimate of drug-likeness (QED) is 0.429. The number of amides is 1. The van der Waals surface area contributed by atoms with Crippen LogP contribution in [0.1, 0.15) is 22.3 Å². The van der Waals surface area contributed by atoms with Gasteiger partial charge >= 0.3 is 5.97 Å². The molecule has 2 N–H and O–H groups in total. The van der Waals surface area contributed by atoms with E-state index in [0.717, 1.165) is 21.2 Å². The maximum atomic E-state index is 12.4. The Balaban J connectivity index is 1.70. The molecule has 31 heavy (non-hydrogen) atoms. The lowest BCUT2D eigenvalue weighted by molar-refractivity contribution is -0.134. The fourth-order valence-electron chi connectivity index (χ4n) is 3.16. The van der Waals surface area contributed by atoms with Crippen molar-refractivity contribution in [1.82, 2.24) is 5.32 Å². The van der Waals surface area contributed by atoms with Crippen molar-refractivity contribution in [2.24, 2.45) is 0 Å². The van der Waals surface area contributed by atoms with E-state index < -0.39 is 5.97 Å². The van der Waals surface area contributed by atoms with Crippen LogP contribution in [0.25, 0.3) is 6.08 Å². The molecule has 0 aliphatic carbocycles. The molecule has 3 aromatic carbocycles. The van der Waals surface area contributed by atoms with Gasteiger partial charge in [0.2, 0.25) is 5.91 Å². The largest absolute Gasteiger partial charge is 0.477 e. The fraction of sp³-hybridized carbons (Fsp3) is 0.120. The highest BCUT2D eigenvalue weighted by Gasteiger charge is 2.13. The summed E-state index contributed by atoms with van der Waals surface area (Å²) < 4.78 is 6.65. The van der Waals surface area contributed by atoms with E-state index in [-0.39, 0.29) is 18.0 Å². The highest BCUT2D eigenvalue weighted by Crippen LogP contribution is 2.29. The van der Waals surface area contributed by atoms with Gasteiger partial charge < -0.3 is 15.2 Å². The summed E-state index contributed by atoms with van der Waals surface area (Å²) in [7, 11) is 0. The summed E-state index contributed by atoms with van der Waals surface area (Å²) in [6.45, 7) is 3.92. The number of ether oxygens (including phenoxy) is 1. The molecule has 0 bridgehead atoms. The summed E-state index contributed by atoms with van der Waals surface area (Å²) in [6, 6.07) is 20.3. The lowest BCUT2D eigenvalue weighted by Crippen LogP contribution is -2.28. The molecule has 0 aromatic heterocycles. The van der Waals surface area contributed by atoms with Crippen molar-refractivity contribution in [3.05, 3.63) is 99.2 Å². The van der Waals surface area contributed by atoms with Gasteiger partial charge in [-0.2, -0.15) is 0 Å². The molecule has 0 unspecified atom stereocenters. The summed E-state index contributed by atoms with van der Waals surface area (Å²) in [6.07, 6.45) is 1.52. The number of hydrogen-bond donors (Lipinski definition) is 2. The number of rotatable bonds is 7. The molecule has 0 aliphatic rings. The average Bonchev–Trinajstić information content (AvgIpc) is 2.69. The zero-order chi connectivity index (χ0) is 22.4. The van der Waals surface area contributed by atoms with Crippen molar-refractivity contribution >= 4 is 33.9 Å². The fourth-order valence-corrected chi connectivity index (χ4v) is 3.52. The Bertz CT molecular complexity index is 1120. The van der Waals surface area contributed by atoms with E-state index in [1.807, 2.05) is 56.3 Å². The SMILES string of the molecule is Cc1cc(C)cc(CC(=O)N/C(=C/c2ccc(Oc3ccccc3Br)cc2)C(=O)O)c1. The van der Waals surface area contributed by atoms with Gasteiger partial charge in [-0.1, -0.05) is 53.6 Å². The van der Waals surface area contributed by atoms with Gasteiger partial charge in [-0.25, -0.2) is 4.79 Å². The van der Waals surface area contributed by atoms with E-state index >= 15 is 0 Å². The lowest BCUT2D eigenvalue weighted by atomic mass is 10.0. The first-order valence-electron chi connectivity index (χ1n) is 9.64. The summed E-state index contributed by atoms with van der Waals surface area (Å²) >= 11 is 3.43. The van der Waals surface area contributed by atoms with Crippen molar-refractivity contribution in [3.63, 3.8) is 0 Å². The first-order valence-corrected chi connectivity index (χ1v) is 10.4. The summed E-state index contributed by atoms with van der Waals surface area (Å²) in [5, 5.41) is 12.0. The van der Waals surface area contributed by atoms with Gasteiger partial charge in [0.15, 0.2) is 0 Å². The minimum Gasteiger partial charge on any atom is -0.477 e. The zero-order valence-electron chi connectivity index (χ0n) is 17.2. The second kappa shape index (κ2) is 10.1. The van der Waals surface area contributed by atoms with Gasteiger partial charge in [0.25, 0.3) is 0 Å². The predicted octanol–water partition coefficient (Wildman–Crippen LogP) is 5.64. The van der Waals surface area contributed by atoms with Crippen LogP contribution in [0.5, 0.6) is 11.5 Å². The number of carbonyl (C=O) groups is 2. The first kappa shape index (κ1) is 22.3. The van der Waals surface area contributed by atoms with E-state index in [2.05, 4.69) is 21.2 Å². The molecule has 3 aromatic rings. The maximum absolute atomic E-state index is 12.4. The van der Waals surface area contributed by atoms with Crippen LogP contribution < -0.4 is 10.1 Å². The Morgan fingerprint density at radius 1 is 1.00 bits per heavy atom. The number of aliphatic carboxylic acids is 1. The van der Waals surface area contributed by atoms with E-state index in [9.17, 15) is 14.7 Å². The normalized spacial score (nSPS) is 11.1. The lowest BCUT2D eigenvalue weighted by Gasteiger charge is -2.09. The van der Waals surface area contributed by atoms with Crippen molar-refractivity contribution in [3.8, 4) is 11.5 Å². The first-order chi connectivity index (χ1) is 14.8. The maximum Gasteiger partial charge on any atom is 0.352 e. The average molecular weight is 480 g/mol. The molecule has 0 saturated carbocycles. The highest BCUT2D eigenvalue weighted by atomic mass is 79.9. The van der Waals surface area contributed by atoms with Crippen LogP contribution in [-0.4, -0.2) is 17.0 Å². The zero-order valence-corrected chi connectivity index (χ0v) is 18.8. The number of nitrogens with one attached hydrogen (secondary N) is 1. The number of carbonyl (C=O) groups excluding carboxylic acids is 1. The second-order valence-electron chi connectivity index (χ2n) is 7.19. The van der Waals surface area contributed by atoms with E-state index in [4.69, 9.17) is 4.74 Å². The molecule has 3 rings (SSSR count). The molecule has 6 heteroatoms. The van der Waals surface area contributed by atoms with Gasteiger partial charge in [-0.15, -0.1) is 0 Å². The Hall–Kier alpha value is -3.38. The molecule has 0 atom stereocenters. The standard InChI is InChI=1S/C25H22BrNO4/c1-16-11-17(2)13-19(12-16)15-24(28)27-22(25(29)30)14-18-7-9-20(10-8-18)31-23-6-4-3-5-21(23)26/h3-14H,15H2,1-2H3,(H,27,28)(H,29,30)/b22-14+. The van der Waals surface area contributed by atoms with Crippen LogP contribution in [0.15, 0.2) is 76.9 Å². The number of benzene rings is 3. The molecule has 0 spiro atoms. The van der Waals surface area contributed by atoms with Crippen molar-refractivity contribution in [1.29, 1.82) is 0 Å². The topological polar surface area (TPSA) is 75.6 Å². The molecule has 158 valence electrons. The Kier molecular flexibility index (Phi) is 7.26. The smallest absolute Gasteiger partial charge is 0.352 e. The van der Waals surface area contributed by atoms with E-state index in [0.29, 0.717) is 17.1 Å². The van der Waals surface area contributed by atoms with Crippen molar-refractivity contribution in [2.45, 2.75) is 20.3 Å². The van der Waals surface area contributed by atoms with Crippen LogP contribution in [0.4, 0.5) is 0 Å². The number of carboxylic acid groups (broad SMARTS) is 1. The van der Waals surface area contributed by atoms with Gasteiger partial charge in [0.1, 0.15) is 17.2 Å². The van der Waals surface area contributed by atoms with Crippen LogP contribution in [0.3, 0.4) is 0 Å². The van der Waals surface area contributed by atoms with Crippen molar-refractivity contribution < 1.29 is 19.4 Å². The van der Waals surface area contributed by atoms with Gasteiger partial charge in [-0.05, 0) is 71.2 Å². The Labute approximate surface area is 189 Å². The Morgan fingerprint density at radius 3 is 2.26 bits per heavy atom. The van der Waals surface area contributed by atoms with Gasteiger partial charge in [0, 0.05) is 0 Å². The molecular formula is C25H22BrNO4. The number of carboxylic acids is 1. The molecule has 5 nitrogen and oxygen atoms in total. The van der Waals surface area contributed by atoms with Crippen LogP contribution in [-0.2, 0) is 16.0 Å². The third-order valence-electron chi connectivity index (χ3n) is 4.41. The van der Waals surface area contributed by atoms with Crippen molar-refractivity contribution in [2.75, 3.05) is 0 Å². The third kappa shape index (κ3) is 6.55. The number of halogens is 1. The number of aryl methyl sites for hydroxylation is 2. The predicted molar refractivity (Wildman–Crippen MR) is 124 cm³/mol. The molecule has 1 amide bonds. The third-order valence-corrected chi connectivity index (χ3v) is 5.06. The summed E-state index contributed by atoms with van der Waals surface area (Å²) in [5.74, 6) is -0.301. The molecular weight excluding hydrogens is 458 g/mol. The highest BCUT2D eigenvalue weighted by molar-refractivity contribution is 9.10. The van der Waals surface area contributed by atoms with Crippen LogP contribution >= 0.6 is 15.9 Å². The molecule has 0 fully saturated rings. The number of para-hydroxylation sites is 1.